The van der Waals surface area contributed by atoms with Gasteiger partial charge in [-0.05, 0) is 19.8 Å². The molecule has 0 unspecified atom stereocenters. The first kappa shape index (κ1) is 24.2. The number of hydrogen-bond acceptors (Lipinski definition) is 3. The second-order valence-corrected chi connectivity index (χ2v) is 5.09. The van der Waals surface area contributed by atoms with Crippen molar-refractivity contribution in [3.05, 3.63) is 0 Å². The van der Waals surface area contributed by atoms with Gasteiger partial charge >= 0.3 is 0 Å². The molecule has 5 nitrogen and oxygen atoms in total. The van der Waals surface area contributed by atoms with Crippen molar-refractivity contribution in [1.29, 1.82) is 0 Å². The molecular weight excluding hydrogens is 393 g/mol. The van der Waals surface area contributed by atoms with Gasteiger partial charge in [0.05, 0.1) is 26.4 Å². The Labute approximate surface area is 154 Å². The second kappa shape index (κ2) is 19.0. The van der Waals surface area contributed by atoms with E-state index in [2.05, 4.69) is 43.0 Å². The van der Waals surface area contributed by atoms with Crippen LogP contribution in [0.15, 0.2) is 4.99 Å². The van der Waals surface area contributed by atoms with Crippen LogP contribution in [0.4, 0.5) is 0 Å². The van der Waals surface area contributed by atoms with E-state index in [1.807, 2.05) is 0 Å². The zero-order chi connectivity index (χ0) is 15.8. The molecule has 0 aliphatic rings. The van der Waals surface area contributed by atoms with E-state index in [-0.39, 0.29) is 24.0 Å². The third-order valence-electron chi connectivity index (χ3n) is 3.05. The van der Waals surface area contributed by atoms with Gasteiger partial charge in [-0.1, -0.05) is 26.7 Å². The van der Waals surface area contributed by atoms with Gasteiger partial charge in [0, 0.05) is 26.7 Å². The van der Waals surface area contributed by atoms with E-state index in [0.717, 1.165) is 32.1 Å². The van der Waals surface area contributed by atoms with Crippen molar-refractivity contribution >= 4 is 29.9 Å². The Morgan fingerprint density at radius 1 is 0.955 bits per heavy atom. The summed E-state index contributed by atoms with van der Waals surface area (Å²) in [6.45, 7) is 11.9. The van der Waals surface area contributed by atoms with Crippen LogP contribution in [0.3, 0.4) is 0 Å². The number of halogens is 1. The van der Waals surface area contributed by atoms with E-state index in [1.165, 1.54) is 19.3 Å². The predicted molar refractivity (Wildman–Crippen MR) is 105 cm³/mol. The van der Waals surface area contributed by atoms with Gasteiger partial charge in [-0.25, -0.2) is 0 Å². The Morgan fingerprint density at radius 2 is 1.59 bits per heavy atom. The Hall–Kier alpha value is -0.0800. The number of aliphatic imine (C=N–C) groups is 1. The topological polar surface area (TPSA) is 46.1 Å². The molecule has 0 spiro atoms. The Morgan fingerprint density at radius 3 is 2.18 bits per heavy atom. The minimum Gasteiger partial charge on any atom is -0.379 e. The van der Waals surface area contributed by atoms with Crippen molar-refractivity contribution in [2.75, 3.05) is 53.1 Å². The monoisotopic (exact) mass is 429 g/mol. The Balaban J connectivity index is 0. The van der Waals surface area contributed by atoms with Crippen LogP contribution < -0.4 is 5.32 Å². The molecule has 6 heteroatoms. The number of nitrogens with zero attached hydrogens (tertiary/aromatic N) is 2. The maximum atomic E-state index is 5.52. The molecule has 22 heavy (non-hydrogen) atoms. The third-order valence-corrected chi connectivity index (χ3v) is 3.05. The maximum Gasteiger partial charge on any atom is 0.193 e. The molecule has 134 valence electrons. The van der Waals surface area contributed by atoms with E-state index >= 15 is 0 Å². The standard InChI is InChI=1S/C16H35N3O2.HI/c1-5-8-11-19(4)16(17-7-3)18-10-13-21-15-14-20-12-9-6-2;/h5-15H2,1-4H3,(H,17,18);1H. The molecule has 0 amide bonds. The fourth-order valence-corrected chi connectivity index (χ4v) is 1.76. The van der Waals surface area contributed by atoms with Crippen LogP contribution in [-0.4, -0.2) is 64.0 Å². The van der Waals surface area contributed by atoms with Gasteiger partial charge in [0.15, 0.2) is 5.96 Å². The van der Waals surface area contributed by atoms with Crippen molar-refractivity contribution in [3.8, 4) is 0 Å². The number of unbranched alkanes of at least 4 members (excludes halogenated alkanes) is 2. The quantitative estimate of drug-likeness (QED) is 0.212. The maximum absolute atomic E-state index is 5.52. The smallest absolute Gasteiger partial charge is 0.193 e. The van der Waals surface area contributed by atoms with E-state index < -0.39 is 0 Å². The molecule has 0 aliphatic carbocycles. The van der Waals surface area contributed by atoms with Gasteiger partial charge in [0.25, 0.3) is 0 Å². The average Bonchev–Trinajstić information content (AvgIpc) is 2.49. The van der Waals surface area contributed by atoms with Gasteiger partial charge in [-0.15, -0.1) is 24.0 Å². The molecule has 0 radical (unpaired) electrons. The highest BCUT2D eigenvalue weighted by Crippen LogP contribution is 1.93. The lowest BCUT2D eigenvalue weighted by Gasteiger charge is -2.21. The summed E-state index contributed by atoms with van der Waals surface area (Å²) in [7, 11) is 2.08. The summed E-state index contributed by atoms with van der Waals surface area (Å²) >= 11 is 0. The molecular formula is C16H36IN3O2. The highest BCUT2D eigenvalue weighted by Gasteiger charge is 2.03. The average molecular weight is 429 g/mol. The zero-order valence-electron chi connectivity index (χ0n) is 14.9. The Bertz CT molecular complexity index is 254. The molecule has 0 bridgehead atoms. The molecule has 0 saturated carbocycles. The highest BCUT2D eigenvalue weighted by atomic mass is 127. The van der Waals surface area contributed by atoms with Crippen LogP contribution in [0.25, 0.3) is 0 Å². The first-order chi connectivity index (χ1) is 10.3. The Kier molecular flexibility index (Phi) is 20.8. The molecule has 0 heterocycles. The van der Waals surface area contributed by atoms with Crippen molar-refractivity contribution in [2.45, 2.75) is 46.5 Å². The van der Waals surface area contributed by atoms with E-state index in [4.69, 9.17) is 9.47 Å². The molecule has 0 saturated heterocycles. The molecule has 0 fully saturated rings. The molecule has 0 aromatic heterocycles. The second-order valence-electron chi connectivity index (χ2n) is 5.09. The van der Waals surface area contributed by atoms with Gasteiger partial charge in [0.2, 0.25) is 0 Å². The molecule has 0 atom stereocenters. The first-order valence-electron chi connectivity index (χ1n) is 8.41. The van der Waals surface area contributed by atoms with Gasteiger partial charge in [-0.2, -0.15) is 0 Å². The summed E-state index contributed by atoms with van der Waals surface area (Å²) in [4.78, 5) is 6.76. The van der Waals surface area contributed by atoms with Gasteiger partial charge in [-0.3, -0.25) is 4.99 Å². The zero-order valence-corrected chi connectivity index (χ0v) is 17.2. The van der Waals surface area contributed by atoms with Crippen molar-refractivity contribution < 1.29 is 9.47 Å². The van der Waals surface area contributed by atoms with E-state index in [9.17, 15) is 0 Å². The summed E-state index contributed by atoms with van der Waals surface area (Å²) in [6, 6.07) is 0. The number of guanidine groups is 1. The van der Waals surface area contributed by atoms with Gasteiger partial charge in [0.1, 0.15) is 0 Å². The molecule has 0 aliphatic heterocycles. The predicted octanol–water partition coefficient (Wildman–Crippen LogP) is 3.14. The van der Waals surface area contributed by atoms with Crippen LogP contribution in [-0.2, 0) is 9.47 Å². The minimum atomic E-state index is 0. The number of hydrogen-bond donors (Lipinski definition) is 1. The molecule has 0 aromatic rings. The summed E-state index contributed by atoms with van der Waals surface area (Å²) in [5.41, 5.74) is 0. The molecule has 0 rings (SSSR count). The summed E-state index contributed by atoms with van der Waals surface area (Å²) in [5.74, 6) is 0.966. The minimum absolute atomic E-state index is 0. The normalized spacial score (nSPS) is 11.2. The van der Waals surface area contributed by atoms with Crippen molar-refractivity contribution in [1.82, 2.24) is 10.2 Å². The van der Waals surface area contributed by atoms with Crippen LogP contribution in [0.1, 0.15) is 46.5 Å². The lowest BCUT2D eigenvalue weighted by Crippen LogP contribution is -2.39. The fourth-order valence-electron chi connectivity index (χ4n) is 1.76. The summed E-state index contributed by atoms with van der Waals surface area (Å²) in [5, 5.41) is 3.31. The highest BCUT2D eigenvalue weighted by molar-refractivity contribution is 14.0. The summed E-state index contributed by atoms with van der Waals surface area (Å²) < 4.78 is 11.0. The van der Waals surface area contributed by atoms with Crippen molar-refractivity contribution in [2.24, 2.45) is 4.99 Å². The van der Waals surface area contributed by atoms with Crippen LogP contribution in [0, 0.1) is 0 Å². The van der Waals surface area contributed by atoms with Crippen molar-refractivity contribution in [3.63, 3.8) is 0 Å². The fraction of sp³-hybridized carbons (Fsp3) is 0.938. The van der Waals surface area contributed by atoms with Crippen LogP contribution in [0.5, 0.6) is 0 Å². The van der Waals surface area contributed by atoms with Gasteiger partial charge < -0.3 is 19.7 Å². The number of ether oxygens (including phenoxy) is 2. The van der Waals surface area contributed by atoms with Crippen LogP contribution >= 0.6 is 24.0 Å². The first-order valence-corrected chi connectivity index (χ1v) is 8.41. The SMILES string of the molecule is CCCCOCCOCCN=C(NCC)N(C)CCCC.I. The molecule has 0 aromatic carbocycles. The van der Waals surface area contributed by atoms with E-state index in [1.54, 1.807) is 0 Å². The third kappa shape index (κ3) is 14.8. The van der Waals surface area contributed by atoms with Crippen LogP contribution in [0.2, 0.25) is 0 Å². The number of rotatable bonds is 13. The van der Waals surface area contributed by atoms with E-state index in [0.29, 0.717) is 26.4 Å². The lowest BCUT2D eigenvalue weighted by atomic mass is 10.3. The number of nitrogens with one attached hydrogen (secondary N) is 1. The summed E-state index contributed by atoms with van der Waals surface area (Å²) in [6.07, 6.45) is 4.69. The largest absolute Gasteiger partial charge is 0.379 e. The molecule has 1 N–H and O–H groups in total. The lowest BCUT2D eigenvalue weighted by molar-refractivity contribution is 0.0497.